The van der Waals surface area contributed by atoms with Crippen molar-refractivity contribution in [2.45, 2.75) is 68.5 Å². The van der Waals surface area contributed by atoms with Crippen LogP contribution in [0.15, 0.2) is 51.9 Å². The van der Waals surface area contributed by atoms with E-state index in [2.05, 4.69) is 15.0 Å². The third-order valence-electron chi connectivity index (χ3n) is 9.67. The highest BCUT2D eigenvalue weighted by Crippen LogP contribution is 2.42. The number of morpholine rings is 1. The molecule has 4 heterocycles. The van der Waals surface area contributed by atoms with Gasteiger partial charge in [0, 0.05) is 44.8 Å². The fourth-order valence-corrected chi connectivity index (χ4v) is 8.21. The van der Waals surface area contributed by atoms with Crippen molar-refractivity contribution >= 4 is 27.9 Å². The normalized spacial score (nSPS) is 18.3. The molecule has 3 aromatic rings. The van der Waals surface area contributed by atoms with Crippen molar-refractivity contribution in [2.75, 3.05) is 58.2 Å². The van der Waals surface area contributed by atoms with Gasteiger partial charge in [0.25, 0.3) is 5.91 Å². The molecule has 1 aromatic heterocycles. The second kappa shape index (κ2) is 16.0. The van der Waals surface area contributed by atoms with E-state index in [0.717, 1.165) is 35.2 Å². The molecule has 0 N–H and O–H groups in total. The SMILES string of the molecule is CC(C)(C)OC(=O)N1CCC2(CC1)C(=O)N(Cc1nc(-c3ccc(Oc4ccccc4S(=O)(=O)CC(F)(F)F)c(C(F)(F)F)c3)no1)C(=O)N2CCN1CCOCC1. The van der Waals surface area contributed by atoms with Crippen LogP contribution in [0.2, 0.25) is 0 Å². The Labute approximate surface area is 328 Å². The van der Waals surface area contributed by atoms with Gasteiger partial charge >= 0.3 is 24.5 Å². The number of alkyl halides is 6. The monoisotopic (exact) mass is 846 g/mol. The standard InChI is InChI=1S/C36H40F6N6O9S/c1-33(2,3)56-32(51)46-12-10-34(11-13-46)30(49)47(31(50)48(34)15-14-45-16-18-54-19-17-45)21-28-43-29(44-57-28)23-8-9-25(24(20-23)36(40,41)42)55-26-6-4-5-7-27(26)58(52,53)22-35(37,38)39/h4-9,20H,10-19,21-22H2,1-3H3. The van der Waals surface area contributed by atoms with E-state index in [-0.39, 0.29) is 49.8 Å². The lowest BCUT2D eigenvalue weighted by atomic mass is 9.86. The van der Waals surface area contributed by atoms with Crippen molar-refractivity contribution in [3.8, 4) is 22.9 Å². The molecule has 0 saturated carbocycles. The van der Waals surface area contributed by atoms with E-state index in [4.69, 9.17) is 18.7 Å². The molecule has 58 heavy (non-hydrogen) atoms. The number of amides is 4. The van der Waals surface area contributed by atoms with E-state index in [9.17, 15) is 49.1 Å². The number of benzene rings is 2. The highest BCUT2D eigenvalue weighted by Gasteiger charge is 2.58. The Kier molecular flexibility index (Phi) is 11.8. The maximum atomic E-state index is 14.4. The number of urea groups is 1. The third-order valence-corrected chi connectivity index (χ3v) is 11.4. The average Bonchev–Trinajstić information content (AvgIpc) is 3.67. The van der Waals surface area contributed by atoms with Crippen molar-refractivity contribution in [1.82, 2.24) is 29.7 Å². The lowest BCUT2D eigenvalue weighted by Crippen LogP contribution is -2.58. The van der Waals surface area contributed by atoms with Crippen molar-refractivity contribution in [2.24, 2.45) is 0 Å². The fourth-order valence-electron chi connectivity index (χ4n) is 6.92. The molecular weight excluding hydrogens is 806 g/mol. The minimum Gasteiger partial charge on any atom is -0.455 e. The van der Waals surface area contributed by atoms with Gasteiger partial charge in [-0.3, -0.25) is 14.6 Å². The van der Waals surface area contributed by atoms with Gasteiger partial charge in [0.05, 0.1) is 18.8 Å². The number of ether oxygens (including phenoxy) is 3. The fraction of sp³-hybridized carbons (Fsp3) is 0.528. The Bertz CT molecular complexity index is 2130. The molecule has 0 radical (unpaired) electrons. The lowest BCUT2D eigenvalue weighted by Gasteiger charge is -2.42. The van der Waals surface area contributed by atoms with Gasteiger partial charge in [-0.05, 0) is 63.9 Å². The Hall–Kier alpha value is -4.96. The first-order valence-electron chi connectivity index (χ1n) is 18.1. The van der Waals surface area contributed by atoms with Gasteiger partial charge in [0.1, 0.15) is 34.1 Å². The zero-order chi connectivity index (χ0) is 42.3. The molecule has 15 nitrogen and oxygen atoms in total. The maximum Gasteiger partial charge on any atom is 0.420 e. The van der Waals surface area contributed by atoms with Crippen molar-refractivity contribution in [1.29, 1.82) is 0 Å². The summed E-state index contributed by atoms with van der Waals surface area (Å²) >= 11 is 0. The number of imide groups is 1. The quantitative estimate of drug-likeness (QED) is 0.180. The number of piperidine rings is 1. The number of hydrogen-bond donors (Lipinski definition) is 0. The van der Waals surface area contributed by atoms with E-state index < -0.39 is 85.6 Å². The van der Waals surface area contributed by atoms with E-state index in [1.807, 2.05) is 0 Å². The number of halogens is 6. The van der Waals surface area contributed by atoms with Gasteiger partial charge in [-0.1, -0.05) is 17.3 Å². The number of carbonyl (C=O) groups excluding carboxylic acids is 3. The molecule has 316 valence electrons. The molecule has 3 aliphatic heterocycles. The highest BCUT2D eigenvalue weighted by atomic mass is 32.2. The second-order valence-corrected chi connectivity index (χ2v) is 16.9. The minimum absolute atomic E-state index is 0.110. The molecule has 3 saturated heterocycles. The summed E-state index contributed by atoms with van der Waals surface area (Å²) in [6.45, 7) is 7.81. The van der Waals surface area contributed by atoms with Crippen molar-refractivity contribution < 1.29 is 67.9 Å². The third kappa shape index (κ3) is 9.49. The van der Waals surface area contributed by atoms with E-state index in [1.54, 1.807) is 20.8 Å². The Morgan fingerprint density at radius 2 is 1.59 bits per heavy atom. The summed E-state index contributed by atoms with van der Waals surface area (Å²) in [5.74, 6) is -5.18. The first-order valence-corrected chi connectivity index (χ1v) is 19.7. The van der Waals surface area contributed by atoms with Crippen LogP contribution in [0.25, 0.3) is 11.4 Å². The van der Waals surface area contributed by atoms with Crippen LogP contribution in [-0.4, -0.2) is 132 Å². The van der Waals surface area contributed by atoms with E-state index in [0.29, 0.717) is 38.9 Å². The molecule has 0 bridgehead atoms. The molecular formula is C36H40F6N6O9S. The zero-order valence-corrected chi connectivity index (χ0v) is 32.4. The van der Waals surface area contributed by atoms with E-state index in [1.165, 1.54) is 15.9 Å². The number of carbonyl (C=O) groups is 3. The average molecular weight is 847 g/mol. The first kappa shape index (κ1) is 42.6. The number of nitrogens with zero attached hydrogens (tertiary/aromatic N) is 6. The van der Waals surface area contributed by atoms with Crippen LogP contribution in [-0.2, 0) is 36.8 Å². The van der Waals surface area contributed by atoms with Gasteiger partial charge < -0.3 is 28.5 Å². The summed E-state index contributed by atoms with van der Waals surface area (Å²) in [5, 5.41) is 3.76. The second-order valence-electron chi connectivity index (χ2n) is 14.9. The summed E-state index contributed by atoms with van der Waals surface area (Å²) in [7, 11) is -5.06. The predicted molar refractivity (Wildman–Crippen MR) is 189 cm³/mol. The lowest BCUT2D eigenvalue weighted by molar-refractivity contribution is -0.138. The number of hydrogen-bond acceptors (Lipinski definition) is 12. The van der Waals surface area contributed by atoms with Crippen LogP contribution in [0.4, 0.5) is 35.9 Å². The summed E-state index contributed by atoms with van der Waals surface area (Å²) in [5.41, 5.74) is -3.77. The topological polar surface area (TPSA) is 165 Å². The van der Waals surface area contributed by atoms with Crippen LogP contribution in [0.5, 0.6) is 11.5 Å². The van der Waals surface area contributed by atoms with Crippen LogP contribution >= 0.6 is 0 Å². The molecule has 0 unspecified atom stereocenters. The van der Waals surface area contributed by atoms with Crippen LogP contribution in [0, 0.1) is 0 Å². The summed E-state index contributed by atoms with van der Waals surface area (Å²) in [6, 6.07) is 5.80. The molecule has 0 aliphatic carbocycles. The van der Waals surface area contributed by atoms with Gasteiger partial charge in [-0.15, -0.1) is 0 Å². The Balaban J connectivity index is 1.23. The molecule has 3 fully saturated rings. The zero-order valence-electron chi connectivity index (χ0n) is 31.6. The molecule has 3 aliphatic rings. The minimum atomic E-state index is -5.13. The number of para-hydroxylation sites is 1. The van der Waals surface area contributed by atoms with Crippen molar-refractivity contribution in [3.63, 3.8) is 0 Å². The van der Waals surface area contributed by atoms with Gasteiger partial charge in [-0.2, -0.15) is 31.3 Å². The number of sulfone groups is 1. The molecule has 6 rings (SSSR count). The van der Waals surface area contributed by atoms with Crippen LogP contribution < -0.4 is 4.74 Å². The van der Waals surface area contributed by atoms with E-state index >= 15 is 0 Å². The largest absolute Gasteiger partial charge is 0.455 e. The number of likely N-dealkylation sites (tertiary alicyclic amines) is 1. The molecule has 0 atom stereocenters. The summed E-state index contributed by atoms with van der Waals surface area (Å²) < 4.78 is 129. The molecule has 2 aromatic carbocycles. The van der Waals surface area contributed by atoms with Crippen LogP contribution in [0.3, 0.4) is 0 Å². The van der Waals surface area contributed by atoms with Crippen LogP contribution in [0.1, 0.15) is 45.1 Å². The van der Waals surface area contributed by atoms with Gasteiger partial charge in [0.2, 0.25) is 11.7 Å². The maximum absolute atomic E-state index is 14.4. The Morgan fingerprint density at radius 1 is 0.914 bits per heavy atom. The smallest absolute Gasteiger partial charge is 0.420 e. The summed E-state index contributed by atoms with van der Waals surface area (Å²) in [4.78, 5) is 50.2. The number of aromatic nitrogens is 2. The van der Waals surface area contributed by atoms with Gasteiger partial charge in [0.15, 0.2) is 15.6 Å². The summed E-state index contributed by atoms with van der Waals surface area (Å²) in [6.07, 6.45) is -10.6. The highest BCUT2D eigenvalue weighted by molar-refractivity contribution is 7.91. The molecule has 1 spiro atoms. The Morgan fingerprint density at radius 3 is 2.22 bits per heavy atom. The predicted octanol–water partition coefficient (Wildman–Crippen LogP) is 5.75. The van der Waals surface area contributed by atoms with Gasteiger partial charge in [-0.25, -0.2) is 18.0 Å². The molecule has 4 amide bonds. The molecule has 22 heteroatoms. The van der Waals surface area contributed by atoms with Crippen molar-refractivity contribution in [3.05, 3.63) is 53.9 Å². The first-order chi connectivity index (χ1) is 27.1. The number of rotatable bonds is 10.